The SMILES string of the molecule is COc1cccc(C(O)Cc2c(Cl)cccc2Cl)c1. The number of rotatable bonds is 4. The van der Waals surface area contributed by atoms with E-state index in [1.54, 1.807) is 31.4 Å². The topological polar surface area (TPSA) is 29.5 Å². The summed E-state index contributed by atoms with van der Waals surface area (Å²) in [6, 6.07) is 12.6. The number of halogens is 2. The molecule has 0 heterocycles. The van der Waals surface area contributed by atoms with Gasteiger partial charge in [0.05, 0.1) is 13.2 Å². The number of ether oxygens (including phenoxy) is 1. The average Bonchev–Trinajstić information content (AvgIpc) is 2.43. The summed E-state index contributed by atoms with van der Waals surface area (Å²) in [7, 11) is 1.59. The summed E-state index contributed by atoms with van der Waals surface area (Å²) in [6.45, 7) is 0. The van der Waals surface area contributed by atoms with Crippen LogP contribution in [0.15, 0.2) is 42.5 Å². The van der Waals surface area contributed by atoms with E-state index in [4.69, 9.17) is 27.9 Å². The van der Waals surface area contributed by atoms with Gasteiger partial charge >= 0.3 is 0 Å². The molecule has 0 saturated carbocycles. The Hall–Kier alpha value is -1.22. The monoisotopic (exact) mass is 296 g/mol. The van der Waals surface area contributed by atoms with Gasteiger partial charge in [-0.25, -0.2) is 0 Å². The van der Waals surface area contributed by atoms with Crippen molar-refractivity contribution in [3.8, 4) is 5.75 Å². The molecule has 0 radical (unpaired) electrons. The van der Waals surface area contributed by atoms with E-state index in [0.29, 0.717) is 22.2 Å². The number of hydrogen-bond donors (Lipinski definition) is 1. The molecule has 0 fully saturated rings. The van der Waals surface area contributed by atoms with Gasteiger partial charge in [-0.15, -0.1) is 0 Å². The quantitative estimate of drug-likeness (QED) is 0.912. The van der Waals surface area contributed by atoms with Gasteiger partial charge in [-0.2, -0.15) is 0 Å². The third kappa shape index (κ3) is 3.41. The van der Waals surface area contributed by atoms with E-state index in [-0.39, 0.29) is 0 Å². The summed E-state index contributed by atoms with van der Waals surface area (Å²) < 4.78 is 5.14. The van der Waals surface area contributed by atoms with Gasteiger partial charge < -0.3 is 9.84 Å². The number of aliphatic hydroxyl groups excluding tert-OH is 1. The third-order valence-electron chi connectivity index (χ3n) is 2.94. The molecule has 1 unspecified atom stereocenters. The maximum atomic E-state index is 10.3. The Kier molecular flexibility index (Phi) is 4.70. The molecule has 0 amide bonds. The van der Waals surface area contributed by atoms with Crippen molar-refractivity contribution in [2.45, 2.75) is 12.5 Å². The fourth-order valence-corrected chi connectivity index (χ4v) is 2.44. The largest absolute Gasteiger partial charge is 0.497 e. The van der Waals surface area contributed by atoms with Crippen LogP contribution in [0.2, 0.25) is 10.0 Å². The van der Waals surface area contributed by atoms with Crippen LogP contribution in [-0.2, 0) is 6.42 Å². The van der Waals surface area contributed by atoms with Crippen molar-refractivity contribution in [2.75, 3.05) is 7.11 Å². The molecule has 0 spiro atoms. The second-order valence-electron chi connectivity index (χ2n) is 4.20. The highest BCUT2D eigenvalue weighted by molar-refractivity contribution is 6.35. The van der Waals surface area contributed by atoms with Gasteiger partial charge in [0, 0.05) is 16.5 Å². The smallest absolute Gasteiger partial charge is 0.119 e. The lowest BCUT2D eigenvalue weighted by atomic mass is 10.0. The zero-order valence-electron chi connectivity index (χ0n) is 10.4. The van der Waals surface area contributed by atoms with Gasteiger partial charge in [-0.1, -0.05) is 41.4 Å². The highest BCUT2D eigenvalue weighted by Gasteiger charge is 2.14. The van der Waals surface area contributed by atoms with Gasteiger partial charge in [0.2, 0.25) is 0 Å². The number of methoxy groups -OCH3 is 1. The van der Waals surface area contributed by atoms with Crippen molar-refractivity contribution >= 4 is 23.2 Å². The molecule has 19 heavy (non-hydrogen) atoms. The van der Waals surface area contributed by atoms with Crippen LogP contribution in [0, 0.1) is 0 Å². The van der Waals surface area contributed by atoms with E-state index in [9.17, 15) is 5.11 Å². The summed E-state index contributed by atoms with van der Waals surface area (Å²) in [5.74, 6) is 0.710. The van der Waals surface area contributed by atoms with E-state index in [1.807, 2.05) is 18.2 Å². The van der Waals surface area contributed by atoms with Crippen LogP contribution in [0.4, 0.5) is 0 Å². The molecule has 1 atom stereocenters. The first kappa shape index (κ1) is 14.2. The molecule has 0 saturated heterocycles. The van der Waals surface area contributed by atoms with Gasteiger partial charge in [0.1, 0.15) is 5.75 Å². The normalized spacial score (nSPS) is 12.2. The Morgan fingerprint density at radius 2 is 1.74 bits per heavy atom. The zero-order valence-corrected chi connectivity index (χ0v) is 11.9. The Balaban J connectivity index is 2.23. The molecule has 0 aliphatic heterocycles. The minimum Gasteiger partial charge on any atom is -0.497 e. The summed E-state index contributed by atoms with van der Waals surface area (Å²) >= 11 is 12.2. The average molecular weight is 297 g/mol. The maximum absolute atomic E-state index is 10.3. The molecule has 2 aromatic carbocycles. The first-order chi connectivity index (χ1) is 9.11. The molecular formula is C15H14Cl2O2. The van der Waals surface area contributed by atoms with Gasteiger partial charge in [0.25, 0.3) is 0 Å². The van der Waals surface area contributed by atoms with Gasteiger partial charge in [0.15, 0.2) is 0 Å². The molecule has 0 aliphatic rings. The molecule has 0 aliphatic carbocycles. The van der Waals surface area contributed by atoms with Crippen LogP contribution in [0.3, 0.4) is 0 Å². The van der Waals surface area contributed by atoms with Crippen LogP contribution < -0.4 is 4.74 Å². The molecule has 2 aromatic rings. The van der Waals surface area contributed by atoms with Gasteiger partial charge in [-0.05, 0) is 35.4 Å². The predicted octanol–water partition coefficient (Wildman–Crippen LogP) is 4.28. The Morgan fingerprint density at radius 3 is 2.37 bits per heavy atom. The minimum absolute atomic E-state index is 0.367. The van der Waals surface area contributed by atoms with E-state index >= 15 is 0 Å². The molecule has 0 bridgehead atoms. The fourth-order valence-electron chi connectivity index (χ4n) is 1.89. The second-order valence-corrected chi connectivity index (χ2v) is 5.01. The van der Waals surface area contributed by atoms with Crippen molar-refractivity contribution in [3.05, 3.63) is 63.6 Å². The first-order valence-corrected chi connectivity index (χ1v) is 6.62. The number of aliphatic hydroxyl groups is 1. The number of benzene rings is 2. The molecule has 1 N–H and O–H groups in total. The van der Waals surface area contributed by atoms with E-state index in [1.165, 1.54) is 0 Å². The molecule has 100 valence electrons. The summed E-state index contributed by atoms with van der Waals surface area (Å²) in [5, 5.41) is 11.4. The lowest BCUT2D eigenvalue weighted by molar-refractivity contribution is 0.178. The highest BCUT2D eigenvalue weighted by Crippen LogP contribution is 2.30. The molecule has 2 rings (SSSR count). The molecule has 0 aromatic heterocycles. The Morgan fingerprint density at radius 1 is 1.11 bits per heavy atom. The molecular weight excluding hydrogens is 283 g/mol. The van der Waals surface area contributed by atoms with Crippen LogP contribution in [-0.4, -0.2) is 12.2 Å². The van der Waals surface area contributed by atoms with Crippen molar-refractivity contribution in [2.24, 2.45) is 0 Å². The van der Waals surface area contributed by atoms with Crippen molar-refractivity contribution in [1.82, 2.24) is 0 Å². The van der Waals surface area contributed by atoms with Gasteiger partial charge in [-0.3, -0.25) is 0 Å². The molecule has 4 heteroatoms. The van der Waals surface area contributed by atoms with Crippen LogP contribution >= 0.6 is 23.2 Å². The van der Waals surface area contributed by atoms with Crippen molar-refractivity contribution in [3.63, 3.8) is 0 Å². The van der Waals surface area contributed by atoms with Crippen molar-refractivity contribution in [1.29, 1.82) is 0 Å². The second kappa shape index (κ2) is 6.29. The Labute approximate surface area is 122 Å². The van der Waals surface area contributed by atoms with E-state index < -0.39 is 6.10 Å². The van der Waals surface area contributed by atoms with Crippen LogP contribution in [0.25, 0.3) is 0 Å². The summed E-state index contributed by atoms with van der Waals surface area (Å²) in [5.41, 5.74) is 1.52. The van der Waals surface area contributed by atoms with Crippen molar-refractivity contribution < 1.29 is 9.84 Å². The third-order valence-corrected chi connectivity index (χ3v) is 3.65. The highest BCUT2D eigenvalue weighted by atomic mass is 35.5. The zero-order chi connectivity index (χ0) is 13.8. The maximum Gasteiger partial charge on any atom is 0.119 e. The van der Waals surface area contributed by atoms with E-state index in [2.05, 4.69) is 0 Å². The lowest BCUT2D eigenvalue weighted by Gasteiger charge is -2.14. The molecule has 2 nitrogen and oxygen atoms in total. The number of hydrogen-bond acceptors (Lipinski definition) is 2. The lowest BCUT2D eigenvalue weighted by Crippen LogP contribution is -2.03. The predicted molar refractivity (Wildman–Crippen MR) is 78.1 cm³/mol. The standard InChI is InChI=1S/C15H14Cl2O2/c1-19-11-5-2-4-10(8-11)15(18)9-12-13(16)6-3-7-14(12)17/h2-8,15,18H,9H2,1H3. The first-order valence-electron chi connectivity index (χ1n) is 5.86. The van der Waals surface area contributed by atoms with Crippen LogP contribution in [0.1, 0.15) is 17.2 Å². The summed E-state index contributed by atoms with van der Waals surface area (Å²) in [6.07, 6.45) is -0.307. The summed E-state index contributed by atoms with van der Waals surface area (Å²) in [4.78, 5) is 0. The Bertz CT molecular complexity index is 550. The van der Waals surface area contributed by atoms with E-state index in [0.717, 1.165) is 11.1 Å². The van der Waals surface area contributed by atoms with Crippen LogP contribution in [0.5, 0.6) is 5.75 Å². The minimum atomic E-state index is -0.674. The fraction of sp³-hybridized carbons (Fsp3) is 0.200.